The summed E-state index contributed by atoms with van der Waals surface area (Å²) in [6, 6.07) is 4.93. The van der Waals surface area contributed by atoms with Crippen molar-refractivity contribution in [1.29, 1.82) is 0 Å². The molecule has 0 spiro atoms. The molecule has 0 amide bonds. The van der Waals surface area contributed by atoms with E-state index in [0.717, 1.165) is 11.3 Å². The summed E-state index contributed by atoms with van der Waals surface area (Å²) in [5.41, 5.74) is 3.12. The normalized spacial score (nSPS) is 10.8. The number of aryl methyl sites for hydroxylation is 2. The maximum absolute atomic E-state index is 14.1. The molecule has 0 atom stereocenters. The van der Waals surface area contributed by atoms with Gasteiger partial charge in [-0.15, -0.1) is 0 Å². The van der Waals surface area contributed by atoms with E-state index in [-0.39, 0.29) is 5.82 Å². The van der Waals surface area contributed by atoms with Crippen molar-refractivity contribution in [3.8, 4) is 5.69 Å². The summed E-state index contributed by atoms with van der Waals surface area (Å²) in [6.07, 6.45) is 4.78. The first-order valence-corrected chi connectivity index (χ1v) is 6.51. The molecule has 0 aliphatic heterocycles. The van der Waals surface area contributed by atoms with Crippen molar-refractivity contribution in [2.24, 2.45) is 7.05 Å². The number of hydrogen-bond donors (Lipinski definition) is 1. The second kappa shape index (κ2) is 5.35. The summed E-state index contributed by atoms with van der Waals surface area (Å²) in [4.78, 5) is 3.81. The van der Waals surface area contributed by atoms with Crippen LogP contribution in [0.25, 0.3) is 5.69 Å². The second-order valence-corrected chi connectivity index (χ2v) is 4.77. The van der Waals surface area contributed by atoms with Crippen molar-refractivity contribution in [2.45, 2.75) is 13.5 Å². The average Bonchev–Trinajstić information content (AvgIpc) is 3.06. The number of hydrogen-bond acceptors (Lipinski definition) is 4. The summed E-state index contributed by atoms with van der Waals surface area (Å²) in [5, 5.41) is 11.4. The van der Waals surface area contributed by atoms with Crippen LogP contribution in [0.2, 0.25) is 0 Å². The van der Waals surface area contributed by atoms with Gasteiger partial charge >= 0.3 is 0 Å². The zero-order valence-corrected chi connectivity index (χ0v) is 11.8. The minimum Gasteiger partial charge on any atom is -0.381 e. The lowest BCUT2D eigenvalue weighted by atomic mass is 10.2. The quantitative estimate of drug-likeness (QED) is 0.797. The molecule has 0 saturated heterocycles. The Kier molecular flexibility index (Phi) is 3.39. The Bertz CT molecular complexity index is 747. The van der Waals surface area contributed by atoms with Crippen LogP contribution < -0.4 is 5.32 Å². The molecule has 2 aromatic heterocycles. The van der Waals surface area contributed by atoms with Crippen LogP contribution >= 0.6 is 0 Å². The lowest BCUT2D eigenvalue weighted by Gasteiger charge is -2.08. The largest absolute Gasteiger partial charge is 0.381 e. The molecule has 0 unspecified atom stereocenters. The van der Waals surface area contributed by atoms with Crippen LogP contribution in [0.1, 0.15) is 11.3 Å². The van der Waals surface area contributed by atoms with Crippen LogP contribution in [0.3, 0.4) is 0 Å². The van der Waals surface area contributed by atoms with Crippen LogP contribution in [0.15, 0.2) is 37.1 Å². The minimum absolute atomic E-state index is 0.353. The number of rotatable bonds is 4. The highest BCUT2D eigenvalue weighted by molar-refractivity contribution is 5.49. The maximum atomic E-state index is 14.1. The summed E-state index contributed by atoms with van der Waals surface area (Å²) < 4.78 is 17.2. The van der Waals surface area contributed by atoms with Crippen LogP contribution in [-0.4, -0.2) is 24.5 Å². The first-order valence-electron chi connectivity index (χ1n) is 6.51. The van der Waals surface area contributed by atoms with Crippen molar-refractivity contribution < 1.29 is 4.39 Å². The van der Waals surface area contributed by atoms with Gasteiger partial charge in [-0.3, -0.25) is 4.68 Å². The van der Waals surface area contributed by atoms with Gasteiger partial charge in [0.2, 0.25) is 0 Å². The fourth-order valence-corrected chi connectivity index (χ4v) is 2.15. The minimum atomic E-state index is -0.353. The third-order valence-corrected chi connectivity index (χ3v) is 3.21. The van der Waals surface area contributed by atoms with Gasteiger partial charge in [-0.1, -0.05) is 0 Å². The van der Waals surface area contributed by atoms with Crippen molar-refractivity contribution in [2.75, 3.05) is 5.32 Å². The molecule has 0 saturated carbocycles. The zero-order valence-electron chi connectivity index (χ0n) is 11.8. The molecule has 0 aliphatic rings. The Hall–Kier alpha value is -2.70. The monoisotopic (exact) mass is 286 g/mol. The molecule has 2 heterocycles. The van der Waals surface area contributed by atoms with Crippen LogP contribution in [0, 0.1) is 12.7 Å². The lowest BCUT2D eigenvalue weighted by molar-refractivity contribution is 0.611. The van der Waals surface area contributed by atoms with E-state index in [1.165, 1.54) is 23.4 Å². The van der Waals surface area contributed by atoms with Gasteiger partial charge in [-0.05, 0) is 25.1 Å². The van der Waals surface area contributed by atoms with Gasteiger partial charge < -0.3 is 5.32 Å². The lowest BCUT2D eigenvalue weighted by Crippen LogP contribution is -2.03. The smallest absolute Gasteiger partial charge is 0.150 e. The van der Waals surface area contributed by atoms with Gasteiger partial charge in [0.1, 0.15) is 18.3 Å². The number of anilines is 1. The Balaban J connectivity index is 1.75. The molecule has 1 N–H and O–H groups in total. The summed E-state index contributed by atoms with van der Waals surface area (Å²) in [7, 11) is 1.88. The van der Waals surface area contributed by atoms with Gasteiger partial charge in [-0.2, -0.15) is 10.2 Å². The number of nitrogens with zero attached hydrogens (tertiary/aromatic N) is 5. The molecule has 0 fully saturated rings. The summed E-state index contributed by atoms with van der Waals surface area (Å²) >= 11 is 0. The van der Waals surface area contributed by atoms with Gasteiger partial charge in [0.25, 0.3) is 0 Å². The molecule has 1 aromatic carbocycles. The Morgan fingerprint density at radius 1 is 1.33 bits per heavy atom. The van der Waals surface area contributed by atoms with Gasteiger partial charge in [0, 0.05) is 31.0 Å². The highest BCUT2D eigenvalue weighted by atomic mass is 19.1. The van der Waals surface area contributed by atoms with E-state index in [1.807, 2.05) is 26.2 Å². The van der Waals surface area contributed by atoms with E-state index in [4.69, 9.17) is 0 Å². The highest BCUT2D eigenvalue weighted by Gasteiger charge is 2.07. The molecule has 108 valence electrons. The second-order valence-electron chi connectivity index (χ2n) is 4.77. The topological polar surface area (TPSA) is 60.6 Å². The van der Waals surface area contributed by atoms with E-state index in [1.54, 1.807) is 10.7 Å². The number of nitrogens with one attached hydrogen (secondary N) is 1. The molecule has 0 radical (unpaired) electrons. The fourth-order valence-electron chi connectivity index (χ4n) is 2.15. The Morgan fingerprint density at radius 3 is 2.81 bits per heavy atom. The molecular formula is C14H15FN6. The molecule has 7 heteroatoms. The van der Waals surface area contributed by atoms with E-state index < -0.39 is 0 Å². The van der Waals surface area contributed by atoms with Gasteiger partial charge in [-0.25, -0.2) is 14.1 Å². The predicted octanol–water partition coefficient (Wildman–Crippen LogP) is 2.06. The van der Waals surface area contributed by atoms with Gasteiger partial charge in [0.15, 0.2) is 5.82 Å². The molecule has 3 aromatic rings. The van der Waals surface area contributed by atoms with Crippen LogP contribution in [0.4, 0.5) is 10.1 Å². The summed E-state index contributed by atoms with van der Waals surface area (Å²) in [5.74, 6) is -0.353. The zero-order chi connectivity index (χ0) is 14.8. The van der Waals surface area contributed by atoms with E-state index in [9.17, 15) is 4.39 Å². The Labute approximate surface area is 121 Å². The summed E-state index contributed by atoms with van der Waals surface area (Å²) in [6.45, 7) is 2.55. The molecule has 3 rings (SSSR count). The van der Waals surface area contributed by atoms with Crippen LogP contribution in [-0.2, 0) is 13.6 Å². The standard InChI is InChI=1S/C14H15FN6/c1-10-11(7-20(2)19-10)6-17-12-3-4-14(13(15)5-12)21-9-16-8-18-21/h3-5,7-9,17H,6H2,1-2H3. The van der Waals surface area contributed by atoms with E-state index in [2.05, 4.69) is 20.5 Å². The van der Waals surface area contributed by atoms with Gasteiger partial charge in [0.05, 0.1) is 5.69 Å². The number of halogens is 1. The highest BCUT2D eigenvalue weighted by Crippen LogP contribution is 2.18. The third kappa shape index (κ3) is 2.76. The van der Waals surface area contributed by atoms with Crippen LogP contribution in [0.5, 0.6) is 0 Å². The van der Waals surface area contributed by atoms with Crippen molar-refractivity contribution in [3.05, 3.63) is 54.1 Å². The first-order chi connectivity index (χ1) is 10.1. The number of aromatic nitrogens is 5. The third-order valence-electron chi connectivity index (χ3n) is 3.21. The maximum Gasteiger partial charge on any atom is 0.150 e. The Morgan fingerprint density at radius 2 is 2.19 bits per heavy atom. The molecule has 0 bridgehead atoms. The fraction of sp³-hybridized carbons (Fsp3) is 0.214. The molecule has 6 nitrogen and oxygen atoms in total. The van der Waals surface area contributed by atoms with E-state index >= 15 is 0 Å². The van der Waals surface area contributed by atoms with Crippen molar-refractivity contribution in [3.63, 3.8) is 0 Å². The van der Waals surface area contributed by atoms with Crippen molar-refractivity contribution in [1.82, 2.24) is 24.5 Å². The van der Waals surface area contributed by atoms with Crippen molar-refractivity contribution >= 4 is 5.69 Å². The average molecular weight is 286 g/mol. The predicted molar refractivity (Wildman–Crippen MR) is 76.6 cm³/mol. The molecular weight excluding hydrogens is 271 g/mol. The first kappa shape index (κ1) is 13.3. The molecule has 0 aliphatic carbocycles. The van der Waals surface area contributed by atoms with E-state index in [0.29, 0.717) is 17.9 Å². The SMILES string of the molecule is Cc1nn(C)cc1CNc1ccc(-n2cncn2)c(F)c1. The number of benzene rings is 1. The molecule has 21 heavy (non-hydrogen) atoms.